The highest BCUT2D eigenvalue weighted by Crippen LogP contribution is 2.24. The van der Waals surface area contributed by atoms with Gasteiger partial charge in [0.25, 0.3) is 11.5 Å². The highest BCUT2D eigenvalue weighted by Gasteiger charge is 2.21. The van der Waals surface area contributed by atoms with E-state index >= 15 is 0 Å². The van der Waals surface area contributed by atoms with Crippen LogP contribution in [0.3, 0.4) is 0 Å². The molecule has 0 spiro atoms. The van der Waals surface area contributed by atoms with E-state index in [0.29, 0.717) is 31.0 Å². The third-order valence-corrected chi connectivity index (χ3v) is 4.93. The number of ether oxygens (including phenoxy) is 1. The molecule has 0 aliphatic carbocycles. The van der Waals surface area contributed by atoms with E-state index in [4.69, 9.17) is 4.74 Å². The number of rotatable bonds is 7. The van der Waals surface area contributed by atoms with Gasteiger partial charge in [-0.05, 0) is 36.8 Å². The van der Waals surface area contributed by atoms with Crippen LogP contribution in [0.15, 0.2) is 41.5 Å². The first-order chi connectivity index (χ1) is 12.2. The zero-order valence-electron chi connectivity index (χ0n) is 13.8. The molecule has 25 heavy (non-hydrogen) atoms. The lowest BCUT2D eigenvalue weighted by Crippen LogP contribution is -2.28. The van der Waals surface area contributed by atoms with Gasteiger partial charge >= 0.3 is 0 Å². The van der Waals surface area contributed by atoms with Gasteiger partial charge in [-0.3, -0.25) is 9.59 Å². The minimum absolute atomic E-state index is 0.113. The van der Waals surface area contributed by atoms with Crippen LogP contribution in [0.5, 0.6) is 5.88 Å². The van der Waals surface area contributed by atoms with Gasteiger partial charge in [0.05, 0.1) is 0 Å². The molecule has 1 saturated heterocycles. The number of pyridine rings is 1. The second-order valence-electron chi connectivity index (χ2n) is 5.65. The Morgan fingerprint density at radius 1 is 1.36 bits per heavy atom. The molecule has 1 fully saturated rings. The number of hydrogen-bond donors (Lipinski definition) is 1. The van der Waals surface area contributed by atoms with Crippen molar-refractivity contribution in [3.63, 3.8) is 0 Å². The van der Waals surface area contributed by atoms with Gasteiger partial charge in [0.1, 0.15) is 11.7 Å². The molecule has 2 aromatic heterocycles. The molecular weight excluding hydrogens is 340 g/mol. The zero-order chi connectivity index (χ0) is 17.5. The van der Waals surface area contributed by atoms with E-state index in [9.17, 15) is 9.59 Å². The maximum atomic E-state index is 12.4. The van der Waals surface area contributed by atoms with Gasteiger partial charge in [-0.2, -0.15) is 16.9 Å². The SMILES string of the molecule is O=C(NCCCn1ncccc1=O)c1cccnc1O[C@@H]1CCSC1. The number of carbonyl (C=O) groups excluding carboxylic acids is 1. The second-order valence-corrected chi connectivity index (χ2v) is 6.80. The van der Waals surface area contributed by atoms with Gasteiger partial charge in [0, 0.05) is 37.3 Å². The van der Waals surface area contributed by atoms with Crippen LogP contribution in [0.1, 0.15) is 23.2 Å². The molecule has 7 nitrogen and oxygen atoms in total. The van der Waals surface area contributed by atoms with Crippen LogP contribution in [0, 0.1) is 0 Å². The monoisotopic (exact) mass is 360 g/mol. The molecule has 1 aliphatic heterocycles. The number of amides is 1. The number of aryl methyl sites for hydroxylation is 1. The van der Waals surface area contributed by atoms with Gasteiger partial charge in [-0.25, -0.2) is 9.67 Å². The Labute approximate surface area is 149 Å². The van der Waals surface area contributed by atoms with E-state index in [1.165, 1.54) is 10.7 Å². The molecule has 3 heterocycles. The quantitative estimate of drug-likeness (QED) is 0.750. The lowest BCUT2D eigenvalue weighted by molar-refractivity contribution is 0.0944. The van der Waals surface area contributed by atoms with Crippen LogP contribution in [0.2, 0.25) is 0 Å². The molecule has 1 amide bonds. The van der Waals surface area contributed by atoms with E-state index in [2.05, 4.69) is 15.4 Å². The fourth-order valence-corrected chi connectivity index (χ4v) is 3.60. The Morgan fingerprint density at radius 2 is 2.24 bits per heavy atom. The molecule has 132 valence electrons. The molecule has 2 aromatic rings. The topological polar surface area (TPSA) is 86.1 Å². The summed E-state index contributed by atoms with van der Waals surface area (Å²) in [5.41, 5.74) is 0.292. The largest absolute Gasteiger partial charge is 0.473 e. The first kappa shape index (κ1) is 17.5. The van der Waals surface area contributed by atoms with Crippen molar-refractivity contribution in [3.05, 3.63) is 52.6 Å². The molecule has 0 unspecified atom stereocenters. The number of nitrogens with one attached hydrogen (secondary N) is 1. The molecular formula is C17H20N4O3S. The summed E-state index contributed by atoms with van der Waals surface area (Å²) in [5, 5.41) is 6.83. The van der Waals surface area contributed by atoms with E-state index in [0.717, 1.165) is 17.9 Å². The summed E-state index contributed by atoms with van der Waals surface area (Å²) < 4.78 is 7.25. The minimum atomic E-state index is -0.220. The lowest BCUT2D eigenvalue weighted by atomic mass is 10.2. The maximum absolute atomic E-state index is 12.4. The minimum Gasteiger partial charge on any atom is -0.473 e. The average Bonchev–Trinajstić information content (AvgIpc) is 3.13. The summed E-state index contributed by atoms with van der Waals surface area (Å²) in [5.74, 6) is 2.16. The van der Waals surface area contributed by atoms with Crippen molar-refractivity contribution in [1.29, 1.82) is 0 Å². The van der Waals surface area contributed by atoms with Gasteiger partial charge in [0.15, 0.2) is 0 Å². The van der Waals surface area contributed by atoms with Gasteiger partial charge in [0.2, 0.25) is 5.88 Å². The molecule has 0 radical (unpaired) electrons. The van der Waals surface area contributed by atoms with Crippen molar-refractivity contribution in [2.45, 2.75) is 25.5 Å². The van der Waals surface area contributed by atoms with Gasteiger partial charge < -0.3 is 10.1 Å². The van der Waals surface area contributed by atoms with Crippen LogP contribution in [-0.4, -0.2) is 44.8 Å². The molecule has 1 aliphatic rings. The summed E-state index contributed by atoms with van der Waals surface area (Å²) in [7, 11) is 0. The Bertz CT molecular complexity index is 774. The molecule has 0 saturated carbocycles. The number of hydrogen-bond acceptors (Lipinski definition) is 6. The summed E-state index contributed by atoms with van der Waals surface area (Å²) in [6, 6.07) is 6.50. The third-order valence-electron chi connectivity index (χ3n) is 3.80. The highest BCUT2D eigenvalue weighted by molar-refractivity contribution is 7.99. The molecule has 0 bridgehead atoms. The zero-order valence-corrected chi connectivity index (χ0v) is 14.6. The highest BCUT2D eigenvalue weighted by atomic mass is 32.2. The standard InChI is InChI=1S/C17H20N4O3S/c22-15-5-2-9-20-21(15)10-3-8-18-16(23)14-4-1-7-19-17(14)24-13-6-11-25-12-13/h1-2,4-5,7,9,13H,3,6,8,10-12H2,(H,18,23)/t13-/m1/s1. The van der Waals surface area contributed by atoms with Crippen LogP contribution in [0.4, 0.5) is 0 Å². The maximum Gasteiger partial charge on any atom is 0.266 e. The van der Waals surface area contributed by atoms with E-state index in [1.54, 1.807) is 30.6 Å². The molecule has 1 N–H and O–H groups in total. The number of carbonyl (C=O) groups is 1. The van der Waals surface area contributed by atoms with Crippen molar-refractivity contribution in [2.24, 2.45) is 0 Å². The third kappa shape index (κ3) is 4.82. The summed E-state index contributed by atoms with van der Waals surface area (Å²) >= 11 is 1.84. The Kier molecular flexibility index (Phi) is 6.05. The normalized spacial score (nSPS) is 16.6. The van der Waals surface area contributed by atoms with E-state index in [1.807, 2.05) is 11.8 Å². The Hall–Kier alpha value is -2.35. The smallest absolute Gasteiger partial charge is 0.266 e. The first-order valence-corrected chi connectivity index (χ1v) is 9.39. The second kappa shape index (κ2) is 8.66. The summed E-state index contributed by atoms with van der Waals surface area (Å²) in [6.45, 7) is 0.894. The van der Waals surface area contributed by atoms with Crippen LogP contribution >= 0.6 is 11.8 Å². The van der Waals surface area contributed by atoms with Gasteiger partial charge in [-0.15, -0.1) is 0 Å². The van der Waals surface area contributed by atoms with E-state index in [-0.39, 0.29) is 17.6 Å². The number of nitrogens with zero attached hydrogens (tertiary/aromatic N) is 3. The average molecular weight is 360 g/mol. The predicted molar refractivity (Wildman–Crippen MR) is 96.0 cm³/mol. The fourth-order valence-electron chi connectivity index (χ4n) is 2.50. The number of aromatic nitrogens is 3. The summed E-state index contributed by atoms with van der Waals surface area (Å²) in [4.78, 5) is 28.2. The van der Waals surface area contributed by atoms with Gasteiger partial charge in [-0.1, -0.05) is 0 Å². The van der Waals surface area contributed by atoms with Crippen molar-refractivity contribution in [3.8, 4) is 5.88 Å². The lowest BCUT2D eigenvalue weighted by Gasteiger charge is -2.14. The van der Waals surface area contributed by atoms with Crippen LogP contribution in [0.25, 0.3) is 0 Å². The predicted octanol–water partition coefficient (Wildman–Crippen LogP) is 1.34. The fraction of sp³-hybridized carbons (Fsp3) is 0.412. The van der Waals surface area contributed by atoms with Crippen molar-refractivity contribution >= 4 is 17.7 Å². The molecule has 8 heteroatoms. The van der Waals surface area contributed by atoms with Crippen molar-refractivity contribution in [1.82, 2.24) is 20.1 Å². The van der Waals surface area contributed by atoms with Crippen molar-refractivity contribution in [2.75, 3.05) is 18.1 Å². The van der Waals surface area contributed by atoms with E-state index < -0.39 is 0 Å². The first-order valence-electron chi connectivity index (χ1n) is 8.24. The van der Waals surface area contributed by atoms with Crippen LogP contribution in [-0.2, 0) is 6.54 Å². The summed E-state index contributed by atoms with van der Waals surface area (Å²) in [6.07, 6.45) is 4.89. The van der Waals surface area contributed by atoms with Crippen LogP contribution < -0.4 is 15.6 Å². The molecule has 3 rings (SSSR count). The Balaban J connectivity index is 1.52. The Morgan fingerprint density at radius 3 is 3.04 bits per heavy atom. The molecule has 0 aromatic carbocycles. The van der Waals surface area contributed by atoms with Crippen molar-refractivity contribution < 1.29 is 9.53 Å². The number of thioether (sulfide) groups is 1. The molecule has 1 atom stereocenters.